The van der Waals surface area contributed by atoms with Crippen LogP contribution in [-0.2, 0) is 26.6 Å². The van der Waals surface area contributed by atoms with Crippen molar-refractivity contribution in [2.45, 2.75) is 41.5 Å². The summed E-state index contributed by atoms with van der Waals surface area (Å²) in [5, 5.41) is 0. The molecule has 0 aromatic rings. The monoisotopic (exact) mass is 371 g/mol. The Morgan fingerprint density at radius 2 is 0.636 bits per heavy atom. The zero-order chi connectivity index (χ0) is 16.8. The van der Waals surface area contributed by atoms with Crippen LogP contribution in [0.3, 0.4) is 0 Å². The van der Waals surface area contributed by atoms with Gasteiger partial charge < -0.3 is 26.6 Å². The molecule has 0 heterocycles. The van der Waals surface area contributed by atoms with E-state index in [1.165, 1.54) is 0 Å². The summed E-state index contributed by atoms with van der Waals surface area (Å²) >= 11 is 0. The lowest BCUT2D eigenvalue weighted by Gasteiger charge is -2.36. The number of nitrogens with zero attached hydrogens (tertiary/aromatic N) is 1. The molecule has 0 amide bonds. The van der Waals surface area contributed by atoms with E-state index in [1.54, 1.807) is 0 Å². The van der Waals surface area contributed by atoms with Crippen molar-refractivity contribution in [2.75, 3.05) is 39.6 Å². The molecule has 0 aliphatic carbocycles. The van der Waals surface area contributed by atoms with Crippen LogP contribution in [0, 0.1) is 0 Å². The fraction of sp³-hybridized carbons (Fsp3) is 1.00. The maximum Gasteiger partial charge on any atom is 0.404 e. The lowest BCUT2D eigenvalue weighted by atomic mass is 10.9. The van der Waals surface area contributed by atoms with Gasteiger partial charge in [-0.1, -0.05) is 0 Å². The number of rotatable bonds is 15. The molecule has 0 fully saturated rings. The van der Waals surface area contributed by atoms with Crippen molar-refractivity contribution in [3.63, 3.8) is 0 Å². The summed E-state index contributed by atoms with van der Waals surface area (Å²) in [6.07, 6.45) is 0. The van der Waals surface area contributed by atoms with Crippen LogP contribution < -0.4 is 0 Å². The highest BCUT2D eigenvalue weighted by molar-refractivity contribution is 6.74. The molecule has 0 spiro atoms. The zero-order valence-corrected chi connectivity index (χ0v) is 18.3. The van der Waals surface area contributed by atoms with Crippen LogP contribution in [0.2, 0.25) is 0 Å². The lowest BCUT2D eigenvalue weighted by Crippen LogP contribution is -2.63. The van der Waals surface area contributed by atoms with E-state index >= 15 is 0 Å². The molecule has 0 unspecified atom stereocenters. The minimum atomic E-state index is -2.13. The summed E-state index contributed by atoms with van der Waals surface area (Å²) in [5.41, 5.74) is 0. The largest absolute Gasteiger partial charge is 0.404 e. The molecule has 7 nitrogen and oxygen atoms in total. The Hall–Kier alpha value is 0.371. The minimum absolute atomic E-state index is 0.589. The Morgan fingerprint density at radius 1 is 0.455 bits per heavy atom. The first-order valence-electron chi connectivity index (χ1n) is 8.16. The van der Waals surface area contributed by atoms with E-state index in [9.17, 15) is 0 Å². The smallest absolute Gasteiger partial charge is 0.386 e. The Kier molecular flexibility index (Phi) is 15.2. The van der Waals surface area contributed by atoms with Gasteiger partial charge in [-0.25, -0.2) is 3.90 Å². The van der Waals surface area contributed by atoms with Crippen LogP contribution in [0.1, 0.15) is 41.5 Å². The van der Waals surface area contributed by atoms with Crippen molar-refractivity contribution in [1.29, 1.82) is 0 Å². The molecular formula is C12H33NO6Si3. The average molecular weight is 372 g/mol. The summed E-state index contributed by atoms with van der Waals surface area (Å²) in [6, 6.07) is 0. The molecule has 0 aromatic heterocycles. The van der Waals surface area contributed by atoms with E-state index < -0.39 is 28.3 Å². The van der Waals surface area contributed by atoms with Gasteiger partial charge in [0.1, 0.15) is 0 Å². The van der Waals surface area contributed by atoms with Gasteiger partial charge in [0.2, 0.25) is 0 Å². The van der Waals surface area contributed by atoms with Crippen LogP contribution in [0.5, 0.6) is 0 Å². The van der Waals surface area contributed by atoms with Gasteiger partial charge in [-0.2, -0.15) is 0 Å². The van der Waals surface area contributed by atoms with Gasteiger partial charge in [0, 0.05) is 39.6 Å². The van der Waals surface area contributed by atoms with Gasteiger partial charge in [0.15, 0.2) is 0 Å². The second-order valence-electron chi connectivity index (χ2n) is 4.10. The molecule has 0 rings (SSSR count). The second-order valence-corrected chi connectivity index (χ2v) is 11.5. The maximum absolute atomic E-state index is 5.88. The standard InChI is InChI=1S/C12H33NO6Si3/c1-7-14-20(15-8-2)13(21(16-9-3)17-10-4)22(18-11-5)19-12-6/h20-22H,7-12H2,1-6H3. The van der Waals surface area contributed by atoms with Gasteiger partial charge >= 0.3 is 28.3 Å². The lowest BCUT2D eigenvalue weighted by molar-refractivity contribution is 0.122. The molecular weight excluding hydrogens is 338 g/mol. The Labute approximate surface area is 140 Å². The van der Waals surface area contributed by atoms with Crippen molar-refractivity contribution >= 4 is 28.3 Å². The molecule has 0 atom stereocenters. The molecule has 0 saturated heterocycles. The second kappa shape index (κ2) is 14.9. The molecule has 0 saturated carbocycles. The van der Waals surface area contributed by atoms with Gasteiger partial charge in [-0.3, -0.25) is 0 Å². The first kappa shape index (κ1) is 22.4. The molecule has 10 heteroatoms. The molecule has 0 bridgehead atoms. The van der Waals surface area contributed by atoms with Crippen molar-refractivity contribution in [2.24, 2.45) is 0 Å². The molecule has 134 valence electrons. The van der Waals surface area contributed by atoms with Crippen molar-refractivity contribution < 1.29 is 26.6 Å². The van der Waals surface area contributed by atoms with Crippen LogP contribution >= 0.6 is 0 Å². The van der Waals surface area contributed by atoms with E-state index in [0.717, 1.165) is 0 Å². The van der Waals surface area contributed by atoms with E-state index in [-0.39, 0.29) is 0 Å². The molecule has 0 aromatic carbocycles. The average Bonchev–Trinajstić information content (AvgIpc) is 2.49. The highest BCUT2D eigenvalue weighted by Gasteiger charge is 2.42. The predicted octanol–water partition coefficient (Wildman–Crippen LogP) is 0.659. The van der Waals surface area contributed by atoms with Crippen molar-refractivity contribution in [1.82, 2.24) is 3.90 Å². The molecule has 0 radical (unpaired) electrons. The van der Waals surface area contributed by atoms with Gasteiger partial charge in [-0.05, 0) is 41.5 Å². The van der Waals surface area contributed by atoms with E-state index in [4.69, 9.17) is 26.6 Å². The Morgan fingerprint density at radius 3 is 0.773 bits per heavy atom. The summed E-state index contributed by atoms with van der Waals surface area (Å²) < 4.78 is 37.4. The van der Waals surface area contributed by atoms with Crippen molar-refractivity contribution in [3.8, 4) is 0 Å². The number of hydrogen-bond acceptors (Lipinski definition) is 7. The van der Waals surface area contributed by atoms with Crippen molar-refractivity contribution in [3.05, 3.63) is 0 Å². The first-order valence-corrected chi connectivity index (χ1v) is 12.5. The van der Waals surface area contributed by atoms with E-state index in [2.05, 4.69) is 3.90 Å². The highest BCUT2D eigenvalue weighted by atomic mass is 28.5. The predicted molar refractivity (Wildman–Crippen MR) is 93.0 cm³/mol. The van der Waals surface area contributed by atoms with Gasteiger partial charge in [0.05, 0.1) is 0 Å². The third-order valence-corrected chi connectivity index (χ3v) is 12.1. The summed E-state index contributed by atoms with van der Waals surface area (Å²) in [4.78, 5) is 0. The van der Waals surface area contributed by atoms with Crippen LogP contribution in [0.25, 0.3) is 0 Å². The molecule has 22 heavy (non-hydrogen) atoms. The number of hydrogen-bond donors (Lipinski definition) is 0. The van der Waals surface area contributed by atoms with Gasteiger partial charge in [-0.15, -0.1) is 0 Å². The first-order chi connectivity index (χ1) is 10.7. The highest BCUT2D eigenvalue weighted by Crippen LogP contribution is 2.11. The van der Waals surface area contributed by atoms with Crippen LogP contribution in [-0.4, -0.2) is 71.9 Å². The normalized spacial score (nSPS) is 12.3. The fourth-order valence-corrected chi connectivity index (χ4v) is 10.3. The Balaban J connectivity index is 5.34. The molecule has 0 N–H and O–H groups in total. The summed E-state index contributed by atoms with van der Waals surface area (Å²) in [5.74, 6) is 0. The molecule has 0 aliphatic heterocycles. The summed E-state index contributed by atoms with van der Waals surface area (Å²) in [7, 11) is -6.40. The fourth-order valence-electron chi connectivity index (χ4n) is 1.81. The van der Waals surface area contributed by atoms with E-state index in [0.29, 0.717) is 39.6 Å². The van der Waals surface area contributed by atoms with Crippen LogP contribution in [0.15, 0.2) is 0 Å². The minimum Gasteiger partial charge on any atom is -0.386 e. The third-order valence-electron chi connectivity index (χ3n) is 2.59. The van der Waals surface area contributed by atoms with Crippen LogP contribution in [0.4, 0.5) is 0 Å². The zero-order valence-electron chi connectivity index (χ0n) is 14.9. The summed E-state index contributed by atoms with van der Waals surface area (Å²) in [6.45, 7) is 15.3. The SMILES string of the molecule is CCO[SiH](OCC)N([SiH](OCC)OCC)[SiH](OCC)OCC. The third kappa shape index (κ3) is 8.29. The quantitative estimate of drug-likeness (QED) is 0.392. The van der Waals surface area contributed by atoms with E-state index in [1.807, 2.05) is 41.5 Å². The molecule has 0 aliphatic rings. The Bertz CT molecular complexity index is 199. The maximum atomic E-state index is 5.88. The topological polar surface area (TPSA) is 58.6 Å². The van der Waals surface area contributed by atoms with Gasteiger partial charge in [0.25, 0.3) is 0 Å².